The van der Waals surface area contributed by atoms with E-state index in [1.165, 1.54) is 58.8 Å². The molecule has 0 saturated carbocycles. The zero-order valence-corrected chi connectivity index (χ0v) is 14.1. The highest BCUT2D eigenvalue weighted by molar-refractivity contribution is 4.73. The highest BCUT2D eigenvalue weighted by Crippen LogP contribution is 2.00. The van der Waals surface area contributed by atoms with Crippen molar-refractivity contribution in [3.8, 4) is 0 Å². The predicted molar refractivity (Wildman–Crippen MR) is 87.5 cm³/mol. The SMILES string of the molecule is CN(C)CCCNCCN1CCN(CCN(C)C)CC1. The van der Waals surface area contributed by atoms with Gasteiger partial charge in [0.2, 0.25) is 0 Å². The topological polar surface area (TPSA) is 25.0 Å². The van der Waals surface area contributed by atoms with Crippen molar-refractivity contribution in [2.45, 2.75) is 6.42 Å². The van der Waals surface area contributed by atoms with Crippen molar-refractivity contribution in [1.29, 1.82) is 0 Å². The van der Waals surface area contributed by atoms with Crippen LogP contribution in [0.4, 0.5) is 0 Å². The van der Waals surface area contributed by atoms with Gasteiger partial charge in [-0.2, -0.15) is 0 Å². The number of hydrogen-bond acceptors (Lipinski definition) is 5. The second kappa shape index (κ2) is 10.5. The maximum Gasteiger partial charge on any atom is 0.0110 e. The van der Waals surface area contributed by atoms with E-state index in [0.29, 0.717) is 0 Å². The molecule has 5 heteroatoms. The van der Waals surface area contributed by atoms with Gasteiger partial charge in [0.25, 0.3) is 0 Å². The molecule has 0 spiro atoms. The van der Waals surface area contributed by atoms with Gasteiger partial charge in [-0.05, 0) is 47.7 Å². The minimum absolute atomic E-state index is 1.13. The molecule has 1 aliphatic heterocycles. The first kappa shape index (κ1) is 17.9. The first-order chi connectivity index (χ1) is 9.58. The normalized spacial score (nSPS) is 18.3. The van der Waals surface area contributed by atoms with Crippen LogP contribution in [0.5, 0.6) is 0 Å². The lowest BCUT2D eigenvalue weighted by atomic mass is 10.3. The number of piperazine rings is 1. The molecular weight excluding hydrogens is 250 g/mol. The van der Waals surface area contributed by atoms with Gasteiger partial charge in [-0.3, -0.25) is 9.80 Å². The zero-order valence-electron chi connectivity index (χ0n) is 14.1. The minimum atomic E-state index is 1.13. The van der Waals surface area contributed by atoms with Crippen LogP contribution in [0.1, 0.15) is 6.42 Å². The summed E-state index contributed by atoms with van der Waals surface area (Å²) >= 11 is 0. The smallest absolute Gasteiger partial charge is 0.0110 e. The summed E-state index contributed by atoms with van der Waals surface area (Å²) in [6, 6.07) is 0. The number of hydrogen-bond donors (Lipinski definition) is 1. The Kier molecular flexibility index (Phi) is 9.39. The third-order valence-corrected chi connectivity index (χ3v) is 3.89. The molecule has 0 bridgehead atoms. The Morgan fingerprint density at radius 1 is 0.750 bits per heavy atom. The van der Waals surface area contributed by atoms with Gasteiger partial charge in [-0.15, -0.1) is 0 Å². The summed E-state index contributed by atoms with van der Waals surface area (Å²) in [5.41, 5.74) is 0. The number of likely N-dealkylation sites (N-methyl/N-ethyl adjacent to an activating group) is 1. The fourth-order valence-electron chi connectivity index (χ4n) is 2.46. The average molecular weight is 285 g/mol. The molecule has 1 N–H and O–H groups in total. The number of nitrogens with one attached hydrogen (secondary N) is 1. The van der Waals surface area contributed by atoms with Crippen LogP contribution in [-0.2, 0) is 0 Å². The highest BCUT2D eigenvalue weighted by atomic mass is 15.3. The van der Waals surface area contributed by atoms with Crippen LogP contribution in [0.2, 0.25) is 0 Å². The van der Waals surface area contributed by atoms with Gasteiger partial charge in [0, 0.05) is 52.4 Å². The van der Waals surface area contributed by atoms with E-state index in [1.54, 1.807) is 0 Å². The molecule has 1 rings (SSSR count). The lowest BCUT2D eigenvalue weighted by molar-refractivity contribution is 0.126. The Morgan fingerprint density at radius 2 is 1.30 bits per heavy atom. The Bertz CT molecular complexity index is 224. The van der Waals surface area contributed by atoms with Gasteiger partial charge in [0.15, 0.2) is 0 Å². The summed E-state index contributed by atoms with van der Waals surface area (Å²) in [6.07, 6.45) is 1.24. The maximum absolute atomic E-state index is 3.55. The summed E-state index contributed by atoms with van der Waals surface area (Å²) in [4.78, 5) is 9.69. The van der Waals surface area contributed by atoms with Crippen molar-refractivity contribution in [3.63, 3.8) is 0 Å². The molecule has 20 heavy (non-hydrogen) atoms. The largest absolute Gasteiger partial charge is 0.315 e. The van der Waals surface area contributed by atoms with E-state index < -0.39 is 0 Å². The predicted octanol–water partition coefficient (Wildman–Crippen LogP) is -0.293. The molecular formula is C15H35N5. The summed E-state index contributed by atoms with van der Waals surface area (Å²) < 4.78 is 0. The zero-order chi connectivity index (χ0) is 14.8. The second-order valence-electron chi connectivity index (χ2n) is 6.39. The van der Waals surface area contributed by atoms with Gasteiger partial charge >= 0.3 is 0 Å². The molecule has 0 aliphatic carbocycles. The van der Waals surface area contributed by atoms with E-state index in [0.717, 1.165) is 13.1 Å². The van der Waals surface area contributed by atoms with Crippen molar-refractivity contribution in [2.24, 2.45) is 0 Å². The maximum atomic E-state index is 3.55. The van der Waals surface area contributed by atoms with Crippen LogP contribution < -0.4 is 5.32 Å². The Hall–Kier alpha value is -0.200. The van der Waals surface area contributed by atoms with E-state index in [-0.39, 0.29) is 0 Å². The van der Waals surface area contributed by atoms with Crippen LogP contribution in [0.25, 0.3) is 0 Å². The molecule has 0 amide bonds. The Labute approximate surface area is 125 Å². The summed E-state index contributed by atoms with van der Waals surface area (Å²) in [7, 11) is 8.57. The monoisotopic (exact) mass is 285 g/mol. The third-order valence-electron chi connectivity index (χ3n) is 3.89. The van der Waals surface area contributed by atoms with Gasteiger partial charge in [0.1, 0.15) is 0 Å². The number of rotatable bonds is 10. The summed E-state index contributed by atoms with van der Waals surface area (Å²) in [5.74, 6) is 0. The summed E-state index contributed by atoms with van der Waals surface area (Å²) in [6.45, 7) is 12.0. The van der Waals surface area contributed by atoms with E-state index in [2.05, 4.69) is 53.1 Å². The first-order valence-corrected chi connectivity index (χ1v) is 8.03. The van der Waals surface area contributed by atoms with Crippen molar-refractivity contribution in [1.82, 2.24) is 24.9 Å². The standard InChI is InChI=1S/C15H35N5/c1-17(2)8-5-6-16-7-9-19-12-14-20(15-13-19)11-10-18(3)4/h16H,5-15H2,1-4H3. The van der Waals surface area contributed by atoms with E-state index in [4.69, 9.17) is 0 Å². The van der Waals surface area contributed by atoms with Crippen molar-refractivity contribution in [2.75, 3.05) is 93.6 Å². The van der Waals surface area contributed by atoms with Crippen molar-refractivity contribution >= 4 is 0 Å². The third kappa shape index (κ3) is 8.87. The van der Waals surface area contributed by atoms with E-state index in [1.807, 2.05) is 0 Å². The van der Waals surface area contributed by atoms with Gasteiger partial charge in [-0.1, -0.05) is 0 Å². The average Bonchev–Trinajstić information content (AvgIpc) is 2.41. The van der Waals surface area contributed by atoms with Crippen LogP contribution in [-0.4, -0.2) is 113 Å². The fraction of sp³-hybridized carbons (Fsp3) is 1.00. The van der Waals surface area contributed by atoms with Gasteiger partial charge in [0.05, 0.1) is 0 Å². The van der Waals surface area contributed by atoms with Crippen LogP contribution in [0, 0.1) is 0 Å². The van der Waals surface area contributed by atoms with Crippen LogP contribution in [0.15, 0.2) is 0 Å². The molecule has 1 aliphatic rings. The molecule has 0 atom stereocenters. The molecule has 120 valence electrons. The molecule has 1 heterocycles. The van der Waals surface area contributed by atoms with Gasteiger partial charge < -0.3 is 15.1 Å². The fourth-order valence-corrected chi connectivity index (χ4v) is 2.46. The van der Waals surface area contributed by atoms with Crippen molar-refractivity contribution in [3.05, 3.63) is 0 Å². The van der Waals surface area contributed by atoms with Gasteiger partial charge in [-0.25, -0.2) is 0 Å². The molecule has 0 unspecified atom stereocenters. The molecule has 0 aromatic carbocycles. The molecule has 0 aromatic heterocycles. The lowest BCUT2D eigenvalue weighted by Gasteiger charge is -2.35. The molecule has 0 radical (unpaired) electrons. The van der Waals surface area contributed by atoms with Crippen LogP contribution in [0.3, 0.4) is 0 Å². The second-order valence-corrected chi connectivity index (χ2v) is 6.39. The number of nitrogens with zero attached hydrogens (tertiary/aromatic N) is 4. The molecule has 5 nitrogen and oxygen atoms in total. The van der Waals surface area contributed by atoms with E-state index in [9.17, 15) is 0 Å². The van der Waals surface area contributed by atoms with E-state index >= 15 is 0 Å². The molecule has 1 fully saturated rings. The summed E-state index contributed by atoms with van der Waals surface area (Å²) in [5, 5.41) is 3.55. The first-order valence-electron chi connectivity index (χ1n) is 8.03. The van der Waals surface area contributed by atoms with Crippen LogP contribution >= 0.6 is 0 Å². The minimum Gasteiger partial charge on any atom is -0.315 e. The quantitative estimate of drug-likeness (QED) is 0.556. The molecule has 0 aromatic rings. The Morgan fingerprint density at radius 3 is 1.85 bits per heavy atom. The molecule has 1 saturated heterocycles. The van der Waals surface area contributed by atoms with Crippen molar-refractivity contribution < 1.29 is 0 Å². The Balaban J connectivity index is 1.94. The lowest BCUT2D eigenvalue weighted by Crippen LogP contribution is -2.49. The highest BCUT2D eigenvalue weighted by Gasteiger charge is 2.15.